The van der Waals surface area contributed by atoms with Gasteiger partial charge in [-0.25, -0.2) is 4.79 Å². The molecule has 1 aromatic carbocycles. The second kappa shape index (κ2) is 7.56. The van der Waals surface area contributed by atoms with Crippen molar-refractivity contribution in [3.05, 3.63) is 53.9 Å². The molecule has 2 rings (SSSR count). The lowest BCUT2D eigenvalue weighted by Gasteiger charge is -2.11. The van der Waals surface area contributed by atoms with Gasteiger partial charge in [0, 0.05) is 12.4 Å². The zero-order valence-electron chi connectivity index (χ0n) is 12.7. The molecule has 0 aliphatic carbocycles. The second-order valence-electron chi connectivity index (χ2n) is 5.00. The molecule has 0 aliphatic rings. The highest BCUT2D eigenvalue weighted by Gasteiger charge is 2.13. The van der Waals surface area contributed by atoms with E-state index in [4.69, 9.17) is 9.47 Å². The van der Waals surface area contributed by atoms with Crippen molar-refractivity contribution < 1.29 is 19.4 Å². The molecule has 1 unspecified atom stereocenters. The number of aromatic nitrogens is 1. The first kappa shape index (κ1) is 16.0. The highest BCUT2D eigenvalue weighted by molar-refractivity contribution is 5.90. The van der Waals surface area contributed by atoms with Gasteiger partial charge in [-0.05, 0) is 49.6 Å². The van der Waals surface area contributed by atoms with E-state index in [9.17, 15) is 9.90 Å². The van der Waals surface area contributed by atoms with Crippen LogP contribution in [0, 0.1) is 0 Å². The van der Waals surface area contributed by atoms with E-state index in [2.05, 4.69) is 4.98 Å². The zero-order valence-corrected chi connectivity index (χ0v) is 12.7. The topological polar surface area (TPSA) is 68.7 Å². The molecule has 5 heteroatoms. The molecular weight excluding hydrogens is 282 g/mol. The van der Waals surface area contributed by atoms with E-state index in [-0.39, 0.29) is 6.10 Å². The largest absolute Gasteiger partial charge is 0.493 e. The first-order valence-electron chi connectivity index (χ1n) is 7.07. The maximum Gasteiger partial charge on any atom is 0.345 e. The summed E-state index contributed by atoms with van der Waals surface area (Å²) >= 11 is 0. The number of hydrogen-bond acceptors (Lipinski definition) is 5. The Morgan fingerprint density at radius 3 is 2.77 bits per heavy atom. The molecule has 2 aromatic rings. The molecule has 1 aromatic heterocycles. The zero-order chi connectivity index (χ0) is 15.9. The highest BCUT2D eigenvalue weighted by atomic mass is 16.6. The lowest BCUT2D eigenvalue weighted by atomic mass is 10.1. The Bertz CT molecular complexity index is 626. The summed E-state index contributed by atoms with van der Waals surface area (Å²) in [6.07, 6.45) is 4.08. The van der Waals surface area contributed by atoms with Crippen molar-refractivity contribution in [2.24, 2.45) is 0 Å². The minimum Gasteiger partial charge on any atom is -0.493 e. The van der Waals surface area contributed by atoms with Gasteiger partial charge in [-0.2, -0.15) is 0 Å². The third-order valence-corrected chi connectivity index (χ3v) is 3.18. The van der Waals surface area contributed by atoms with Crippen LogP contribution in [0.2, 0.25) is 0 Å². The number of aliphatic hydroxyl groups is 1. The summed E-state index contributed by atoms with van der Waals surface area (Å²) in [4.78, 5) is 15.9. The molecule has 0 bridgehead atoms. The van der Waals surface area contributed by atoms with Gasteiger partial charge in [0.05, 0.1) is 18.8 Å². The van der Waals surface area contributed by atoms with Gasteiger partial charge in [0.25, 0.3) is 0 Å². The van der Waals surface area contributed by atoms with Crippen molar-refractivity contribution >= 4 is 5.97 Å². The summed E-state index contributed by atoms with van der Waals surface area (Å²) in [7, 11) is 1.52. The minimum absolute atomic E-state index is 0.353. The van der Waals surface area contributed by atoms with Crippen LogP contribution in [-0.4, -0.2) is 29.3 Å². The van der Waals surface area contributed by atoms with Crippen LogP contribution in [0.3, 0.4) is 0 Å². The van der Waals surface area contributed by atoms with Gasteiger partial charge < -0.3 is 14.6 Å². The maximum atomic E-state index is 12.0. The molecule has 0 amide bonds. The number of nitrogens with zero attached hydrogens (tertiary/aromatic N) is 1. The lowest BCUT2D eigenvalue weighted by molar-refractivity contribution is 0.0729. The Balaban J connectivity index is 2.12. The molecule has 1 heterocycles. The third-order valence-electron chi connectivity index (χ3n) is 3.18. The van der Waals surface area contributed by atoms with Crippen LogP contribution >= 0.6 is 0 Å². The Morgan fingerprint density at radius 1 is 1.32 bits per heavy atom. The first-order valence-corrected chi connectivity index (χ1v) is 7.07. The van der Waals surface area contributed by atoms with Crippen LogP contribution in [0.4, 0.5) is 0 Å². The molecule has 0 fully saturated rings. The average molecular weight is 301 g/mol. The molecule has 22 heavy (non-hydrogen) atoms. The van der Waals surface area contributed by atoms with E-state index in [1.54, 1.807) is 31.3 Å². The van der Waals surface area contributed by atoms with Crippen molar-refractivity contribution in [2.45, 2.75) is 25.9 Å². The predicted octanol–water partition coefficient (Wildman–Crippen LogP) is 2.62. The lowest BCUT2D eigenvalue weighted by Crippen LogP contribution is -2.09. The van der Waals surface area contributed by atoms with Gasteiger partial charge in [0.1, 0.15) is 0 Å². The van der Waals surface area contributed by atoms with Crippen LogP contribution in [-0.2, 0) is 6.42 Å². The van der Waals surface area contributed by atoms with Crippen LogP contribution in [0.5, 0.6) is 11.5 Å². The predicted molar refractivity (Wildman–Crippen MR) is 82.2 cm³/mol. The molecule has 1 atom stereocenters. The number of esters is 1. The summed E-state index contributed by atoms with van der Waals surface area (Å²) in [5, 5.41) is 9.33. The first-order chi connectivity index (χ1) is 10.6. The molecule has 0 saturated heterocycles. The van der Waals surface area contributed by atoms with E-state index in [1.165, 1.54) is 13.3 Å². The van der Waals surface area contributed by atoms with Crippen molar-refractivity contribution in [3.63, 3.8) is 0 Å². The fraction of sp³-hybridized carbons (Fsp3) is 0.294. The summed E-state index contributed by atoms with van der Waals surface area (Å²) in [5.74, 6) is 0.362. The van der Waals surface area contributed by atoms with Gasteiger partial charge in [-0.1, -0.05) is 6.07 Å². The summed E-state index contributed by atoms with van der Waals surface area (Å²) in [6, 6.07) is 8.68. The van der Waals surface area contributed by atoms with E-state index >= 15 is 0 Å². The Morgan fingerprint density at radius 2 is 2.14 bits per heavy atom. The second-order valence-corrected chi connectivity index (χ2v) is 5.00. The van der Waals surface area contributed by atoms with Crippen molar-refractivity contribution in [1.29, 1.82) is 0 Å². The van der Waals surface area contributed by atoms with Crippen LogP contribution < -0.4 is 9.47 Å². The Hall–Kier alpha value is -2.40. The third kappa shape index (κ3) is 4.30. The molecule has 0 aliphatic heterocycles. The maximum absolute atomic E-state index is 12.0. The van der Waals surface area contributed by atoms with Crippen molar-refractivity contribution in [2.75, 3.05) is 7.11 Å². The number of methoxy groups -OCH3 is 1. The van der Waals surface area contributed by atoms with E-state index < -0.39 is 5.97 Å². The molecule has 5 nitrogen and oxygen atoms in total. The molecule has 0 radical (unpaired) electrons. The smallest absolute Gasteiger partial charge is 0.345 e. The number of aliphatic hydroxyl groups excluding tert-OH is 1. The van der Waals surface area contributed by atoms with Gasteiger partial charge in [0.2, 0.25) is 0 Å². The Kier molecular flexibility index (Phi) is 5.49. The van der Waals surface area contributed by atoms with Crippen LogP contribution in [0.15, 0.2) is 42.7 Å². The van der Waals surface area contributed by atoms with E-state index in [0.717, 1.165) is 12.0 Å². The quantitative estimate of drug-likeness (QED) is 0.656. The SMILES string of the molecule is COc1cc(CCC(C)O)ccc1OC(=O)c1cccnc1. The van der Waals surface area contributed by atoms with Gasteiger partial charge >= 0.3 is 5.97 Å². The highest BCUT2D eigenvalue weighted by Crippen LogP contribution is 2.29. The summed E-state index contributed by atoms with van der Waals surface area (Å²) < 4.78 is 10.6. The number of carbonyl (C=O) groups is 1. The van der Waals surface area contributed by atoms with Gasteiger partial charge in [0.15, 0.2) is 11.5 Å². The molecule has 116 valence electrons. The number of carbonyl (C=O) groups excluding carboxylic acids is 1. The number of aryl methyl sites for hydroxylation is 1. The van der Waals surface area contributed by atoms with Crippen LogP contribution in [0.25, 0.3) is 0 Å². The van der Waals surface area contributed by atoms with Crippen LogP contribution in [0.1, 0.15) is 29.3 Å². The average Bonchev–Trinajstić information content (AvgIpc) is 2.54. The number of pyridine rings is 1. The molecule has 0 saturated carbocycles. The molecule has 0 spiro atoms. The fourth-order valence-electron chi connectivity index (χ4n) is 1.97. The number of hydrogen-bond donors (Lipinski definition) is 1. The van der Waals surface area contributed by atoms with Crippen molar-refractivity contribution in [1.82, 2.24) is 4.98 Å². The molecular formula is C17H19NO4. The summed E-state index contributed by atoms with van der Waals surface area (Å²) in [5.41, 5.74) is 1.39. The normalized spacial score (nSPS) is 11.8. The number of benzene rings is 1. The number of rotatable bonds is 6. The Labute approximate surface area is 129 Å². The van der Waals surface area contributed by atoms with E-state index in [1.807, 2.05) is 12.1 Å². The van der Waals surface area contributed by atoms with E-state index in [0.29, 0.717) is 23.5 Å². The monoisotopic (exact) mass is 301 g/mol. The minimum atomic E-state index is -0.483. The fourth-order valence-corrected chi connectivity index (χ4v) is 1.97. The van der Waals surface area contributed by atoms with Gasteiger partial charge in [-0.15, -0.1) is 0 Å². The van der Waals surface area contributed by atoms with Crippen molar-refractivity contribution in [3.8, 4) is 11.5 Å². The number of ether oxygens (including phenoxy) is 2. The molecule has 1 N–H and O–H groups in total. The standard InChI is InChI=1S/C17H19NO4/c1-12(19)5-6-13-7-8-15(16(10-13)21-2)22-17(20)14-4-3-9-18-11-14/h3-4,7-12,19H,5-6H2,1-2H3. The van der Waals surface area contributed by atoms with Gasteiger partial charge in [-0.3, -0.25) is 4.98 Å². The summed E-state index contributed by atoms with van der Waals surface area (Å²) in [6.45, 7) is 1.75.